The Hall–Kier alpha value is -2.36. The van der Waals surface area contributed by atoms with Crippen LogP contribution in [-0.4, -0.2) is 18.0 Å². The third kappa shape index (κ3) is 3.45. The number of esters is 1. The summed E-state index contributed by atoms with van der Waals surface area (Å²) in [5.41, 5.74) is 1.91. The molecule has 0 radical (unpaired) electrons. The third-order valence-electron chi connectivity index (χ3n) is 4.04. The third-order valence-corrected chi connectivity index (χ3v) is 4.04. The Morgan fingerprint density at radius 2 is 1.91 bits per heavy atom. The maximum absolute atomic E-state index is 12.3. The Balaban J connectivity index is 2.18. The number of benzene rings is 1. The van der Waals surface area contributed by atoms with Crippen LogP contribution in [0.5, 0.6) is 0 Å². The molecule has 1 aliphatic carbocycles. The van der Waals surface area contributed by atoms with Crippen LogP contribution in [0.2, 0.25) is 0 Å². The van der Waals surface area contributed by atoms with Crippen molar-refractivity contribution in [1.82, 2.24) is 0 Å². The maximum Gasteiger partial charge on any atom is 0.339 e. The van der Waals surface area contributed by atoms with Gasteiger partial charge in [-0.3, -0.25) is 0 Å². The van der Waals surface area contributed by atoms with Crippen LogP contribution >= 0.6 is 0 Å². The SMILES string of the molecule is C=C(C)[C@@H]1CC=C(C)[C@H](OC(=O)c2ccccc2C(=O)[O-])C1. The van der Waals surface area contributed by atoms with E-state index < -0.39 is 11.9 Å². The van der Waals surface area contributed by atoms with Crippen molar-refractivity contribution in [1.29, 1.82) is 0 Å². The summed E-state index contributed by atoms with van der Waals surface area (Å²) in [6.07, 6.45) is 3.27. The normalized spacial score (nSPS) is 20.9. The molecular formula is C18H19O4-. The molecule has 0 fully saturated rings. The number of carboxylic acid groups (broad SMARTS) is 1. The fourth-order valence-corrected chi connectivity index (χ4v) is 2.58. The molecule has 4 heteroatoms. The summed E-state index contributed by atoms with van der Waals surface area (Å²) in [5.74, 6) is -1.75. The summed E-state index contributed by atoms with van der Waals surface area (Å²) in [7, 11) is 0. The topological polar surface area (TPSA) is 66.4 Å². The number of carboxylic acids is 1. The highest BCUT2D eigenvalue weighted by Gasteiger charge is 2.26. The van der Waals surface area contributed by atoms with Gasteiger partial charge in [-0.2, -0.15) is 0 Å². The number of hydrogen-bond acceptors (Lipinski definition) is 4. The van der Waals surface area contributed by atoms with Gasteiger partial charge >= 0.3 is 5.97 Å². The molecule has 0 amide bonds. The number of allylic oxidation sites excluding steroid dienone is 2. The minimum atomic E-state index is -1.39. The van der Waals surface area contributed by atoms with Crippen LogP contribution in [0.25, 0.3) is 0 Å². The summed E-state index contributed by atoms with van der Waals surface area (Å²) >= 11 is 0. The van der Waals surface area contributed by atoms with E-state index in [1.165, 1.54) is 12.1 Å². The molecule has 2 atom stereocenters. The van der Waals surface area contributed by atoms with Crippen LogP contribution in [0.4, 0.5) is 0 Å². The standard InChI is InChI=1S/C18H20O4/c1-11(2)13-9-8-12(3)16(10-13)22-18(21)15-7-5-4-6-14(15)17(19)20/h4-8,13,16H,1,9-10H2,2-3H3,(H,19,20)/p-1/t13-,16-/m1/s1. The predicted molar refractivity (Wildman–Crippen MR) is 81.3 cm³/mol. The summed E-state index contributed by atoms with van der Waals surface area (Å²) in [5, 5.41) is 11.1. The average Bonchev–Trinajstić information content (AvgIpc) is 2.49. The summed E-state index contributed by atoms with van der Waals surface area (Å²) < 4.78 is 5.52. The van der Waals surface area contributed by atoms with Crippen molar-refractivity contribution >= 4 is 11.9 Å². The molecule has 22 heavy (non-hydrogen) atoms. The smallest absolute Gasteiger partial charge is 0.339 e. The van der Waals surface area contributed by atoms with Crippen LogP contribution in [0.1, 0.15) is 47.4 Å². The van der Waals surface area contributed by atoms with Crippen LogP contribution in [-0.2, 0) is 4.74 Å². The first kappa shape index (κ1) is 16.0. The zero-order chi connectivity index (χ0) is 16.3. The van der Waals surface area contributed by atoms with E-state index in [-0.39, 0.29) is 23.1 Å². The van der Waals surface area contributed by atoms with Crippen molar-refractivity contribution in [3.05, 3.63) is 59.2 Å². The van der Waals surface area contributed by atoms with Crippen molar-refractivity contribution in [3.8, 4) is 0 Å². The quantitative estimate of drug-likeness (QED) is 0.633. The molecule has 1 aliphatic rings. The first-order valence-electron chi connectivity index (χ1n) is 7.23. The second-order valence-electron chi connectivity index (χ2n) is 5.69. The van der Waals surface area contributed by atoms with E-state index >= 15 is 0 Å². The molecule has 1 aromatic carbocycles. The van der Waals surface area contributed by atoms with E-state index in [1.807, 2.05) is 19.9 Å². The molecule has 4 nitrogen and oxygen atoms in total. The van der Waals surface area contributed by atoms with Crippen LogP contribution < -0.4 is 5.11 Å². The van der Waals surface area contributed by atoms with Gasteiger partial charge in [0.2, 0.25) is 0 Å². The maximum atomic E-state index is 12.3. The monoisotopic (exact) mass is 299 g/mol. The van der Waals surface area contributed by atoms with Gasteiger partial charge in [-0.05, 0) is 44.2 Å². The summed E-state index contributed by atoms with van der Waals surface area (Å²) in [4.78, 5) is 23.4. The molecule has 0 bridgehead atoms. The lowest BCUT2D eigenvalue weighted by Gasteiger charge is -2.28. The van der Waals surface area contributed by atoms with Crippen molar-refractivity contribution in [2.45, 2.75) is 32.8 Å². The largest absolute Gasteiger partial charge is 0.545 e. The van der Waals surface area contributed by atoms with Gasteiger partial charge in [0.25, 0.3) is 0 Å². The summed E-state index contributed by atoms with van der Waals surface area (Å²) in [6.45, 7) is 7.83. The predicted octanol–water partition coefficient (Wildman–Crippen LogP) is 2.51. The molecule has 0 spiro atoms. The van der Waals surface area contributed by atoms with Gasteiger partial charge in [-0.1, -0.05) is 36.4 Å². The zero-order valence-corrected chi connectivity index (χ0v) is 12.8. The highest BCUT2D eigenvalue weighted by Crippen LogP contribution is 2.30. The molecule has 1 aromatic rings. The molecule has 0 unspecified atom stereocenters. The lowest BCUT2D eigenvalue weighted by molar-refractivity contribution is -0.255. The van der Waals surface area contributed by atoms with Crippen molar-refractivity contribution in [2.24, 2.45) is 5.92 Å². The Morgan fingerprint density at radius 1 is 1.27 bits per heavy atom. The molecule has 0 saturated heterocycles. The van der Waals surface area contributed by atoms with Gasteiger partial charge in [-0.15, -0.1) is 0 Å². The molecule has 0 saturated carbocycles. The Bertz CT molecular complexity index is 642. The van der Waals surface area contributed by atoms with E-state index in [2.05, 4.69) is 6.58 Å². The van der Waals surface area contributed by atoms with E-state index in [4.69, 9.17) is 4.74 Å². The lowest BCUT2D eigenvalue weighted by Crippen LogP contribution is -2.29. The number of carbonyl (C=O) groups is 2. The molecular weight excluding hydrogens is 280 g/mol. The van der Waals surface area contributed by atoms with Crippen LogP contribution in [0.15, 0.2) is 48.1 Å². The fourth-order valence-electron chi connectivity index (χ4n) is 2.58. The van der Waals surface area contributed by atoms with Crippen molar-refractivity contribution < 1.29 is 19.4 Å². The highest BCUT2D eigenvalue weighted by molar-refractivity contribution is 6.01. The molecule has 0 aliphatic heterocycles. The van der Waals surface area contributed by atoms with Gasteiger partial charge in [0.1, 0.15) is 6.10 Å². The minimum Gasteiger partial charge on any atom is -0.545 e. The number of ether oxygens (including phenoxy) is 1. The average molecular weight is 299 g/mol. The second kappa shape index (κ2) is 6.60. The minimum absolute atomic E-state index is 0.0211. The molecule has 0 heterocycles. The second-order valence-corrected chi connectivity index (χ2v) is 5.69. The number of rotatable bonds is 4. The van der Waals surface area contributed by atoms with Gasteiger partial charge in [0.15, 0.2) is 0 Å². The van der Waals surface area contributed by atoms with Gasteiger partial charge in [-0.25, -0.2) is 4.79 Å². The van der Waals surface area contributed by atoms with Crippen molar-refractivity contribution in [2.75, 3.05) is 0 Å². The Kier molecular flexibility index (Phi) is 4.81. The van der Waals surface area contributed by atoms with E-state index in [0.29, 0.717) is 6.42 Å². The van der Waals surface area contributed by atoms with Crippen LogP contribution in [0, 0.1) is 5.92 Å². The number of aromatic carboxylic acids is 1. The molecule has 116 valence electrons. The number of carbonyl (C=O) groups excluding carboxylic acids is 2. The summed E-state index contributed by atoms with van der Waals surface area (Å²) in [6, 6.07) is 5.92. The lowest BCUT2D eigenvalue weighted by atomic mass is 9.84. The van der Waals surface area contributed by atoms with E-state index in [0.717, 1.165) is 17.6 Å². The first-order chi connectivity index (χ1) is 10.4. The van der Waals surface area contributed by atoms with Crippen molar-refractivity contribution in [3.63, 3.8) is 0 Å². The van der Waals surface area contributed by atoms with Gasteiger partial charge in [0.05, 0.1) is 11.5 Å². The van der Waals surface area contributed by atoms with Gasteiger partial charge < -0.3 is 14.6 Å². The molecule has 2 rings (SSSR count). The molecule has 0 N–H and O–H groups in total. The fraction of sp³-hybridized carbons (Fsp3) is 0.333. The zero-order valence-electron chi connectivity index (χ0n) is 12.8. The Labute approximate surface area is 130 Å². The Morgan fingerprint density at radius 3 is 2.50 bits per heavy atom. The number of hydrogen-bond donors (Lipinski definition) is 0. The van der Waals surface area contributed by atoms with Gasteiger partial charge in [0, 0.05) is 5.56 Å². The first-order valence-corrected chi connectivity index (χ1v) is 7.23. The van der Waals surface area contributed by atoms with E-state index in [9.17, 15) is 14.7 Å². The van der Waals surface area contributed by atoms with Crippen LogP contribution in [0.3, 0.4) is 0 Å². The highest BCUT2D eigenvalue weighted by atomic mass is 16.5. The van der Waals surface area contributed by atoms with E-state index in [1.54, 1.807) is 12.1 Å². The molecule has 0 aromatic heterocycles.